The molecule has 0 radical (unpaired) electrons. The van der Waals surface area contributed by atoms with Gasteiger partial charge in [0.1, 0.15) is 5.75 Å². The molecule has 2 aromatic carbocycles. The van der Waals surface area contributed by atoms with Crippen molar-refractivity contribution in [3.05, 3.63) is 54.0 Å². The highest BCUT2D eigenvalue weighted by molar-refractivity contribution is 7.89. The van der Waals surface area contributed by atoms with Gasteiger partial charge in [0.05, 0.1) is 15.1 Å². The van der Waals surface area contributed by atoms with Gasteiger partial charge in [0.15, 0.2) is 0 Å². The number of benzene rings is 2. The third-order valence-electron chi connectivity index (χ3n) is 5.41. The summed E-state index contributed by atoms with van der Waals surface area (Å²) in [5.41, 5.74) is 8.05. The Bertz CT molecular complexity index is 1330. The average molecular weight is 426 g/mol. The largest absolute Gasteiger partial charge is 0.507 e. The van der Waals surface area contributed by atoms with Gasteiger partial charge in [-0.1, -0.05) is 12.1 Å². The van der Waals surface area contributed by atoms with Crippen LogP contribution in [0.5, 0.6) is 5.75 Å². The molecule has 8 heteroatoms. The van der Waals surface area contributed by atoms with Crippen molar-refractivity contribution < 1.29 is 13.5 Å². The highest BCUT2D eigenvalue weighted by atomic mass is 32.2. The van der Waals surface area contributed by atoms with Gasteiger partial charge in [-0.3, -0.25) is 4.98 Å². The van der Waals surface area contributed by atoms with Crippen LogP contribution in [-0.2, 0) is 10.0 Å². The summed E-state index contributed by atoms with van der Waals surface area (Å²) in [5.74, 6) is 0.138. The van der Waals surface area contributed by atoms with Gasteiger partial charge in [-0.15, -0.1) is 11.3 Å². The highest BCUT2D eigenvalue weighted by Crippen LogP contribution is 2.40. The first-order valence-corrected chi connectivity index (χ1v) is 11.6. The Balaban J connectivity index is 1.63. The molecule has 6 nitrogen and oxygen atoms in total. The Morgan fingerprint density at radius 3 is 2.66 bits per heavy atom. The van der Waals surface area contributed by atoms with E-state index in [1.807, 2.05) is 17.6 Å². The Kier molecular flexibility index (Phi) is 4.32. The summed E-state index contributed by atoms with van der Waals surface area (Å²) in [7, 11) is -3.57. The van der Waals surface area contributed by atoms with Crippen LogP contribution in [0.4, 0.5) is 0 Å². The normalized spacial score (nSPS) is 18.0. The zero-order valence-electron chi connectivity index (χ0n) is 15.4. The molecule has 1 aliphatic rings. The molecule has 0 amide bonds. The van der Waals surface area contributed by atoms with Crippen molar-refractivity contribution in [3.63, 3.8) is 0 Å². The van der Waals surface area contributed by atoms with Gasteiger partial charge in [0, 0.05) is 41.7 Å². The molecule has 0 aliphatic carbocycles. The molecule has 3 heterocycles. The van der Waals surface area contributed by atoms with E-state index >= 15 is 0 Å². The second-order valence-corrected chi connectivity index (χ2v) is 10.1. The summed E-state index contributed by atoms with van der Waals surface area (Å²) >= 11 is 1.59. The molecule has 1 saturated heterocycles. The number of sulfonamides is 1. The highest BCUT2D eigenvalue weighted by Gasteiger charge is 2.30. The number of thiophene rings is 1. The summed E-state index contributed by atoms with van der Waals surface area (Å²) in [6, 6.07) is 12.0. The van der Waals surface area contributed by atoms with Crippen LogP contribution in [-0.4, -0.2) is 41.9 Å². The van der Waals surface area contributed by atoms with E-state index < -0.39 is 10.0 Å². The summed E-state index contributed by atoms with van der Waals surface area (Å²) < 4.78 is 28.2. The van der Waals surface area contributed by atoms with E-state index in [4.69, 9.17) is 5.73 Å². The second-order valence-electron chi connectivity index (χ2n) is 7.25. The maximum absolute atomic E-state index is 12.9. The van der Waals surface area contributed by atoms with Gasteiger partial charge < -0.3 is 10.8 Å². The zero-order chi connectivity index (χ0) is 20.2. The lowest BCUT2D eigenvalue weighted by Crippen LogP contribution is -2.31. The van der Waals surface area contributed by atoms with Crippen molar-refractivity contribution in [2.75, 3.05) is 13.1 Å². The minimum Gasteiger partial charge on any atom is -0.507 e. The van der Waals surface area contributed by atoms with E-state index in [1.165, 1.54) is 4.31 Å². The first-order valence-electron chi connectivity index (χ1n) is 9.29. The van der Waals surface area contributed by atoms with Crippen LogP contribution in [0, 0.1) is 0 Å². The molecule has 0 spiro atoms. The molecule has 0 saturated carbocycles. The van der Waals surface area contributed by atoms with Crippen molar-refractivity contribution in [3.8, 4) is 16.9 Å². The Morgan fingerprint density at radius 1 is 1.14 bits per heavy atom. The summed E-state index contributed by atoms with van der Waals surface area (Å²) in [5, 5.41) is 14.5. The lowest BCUT2D eigenvalue weighted by atomic mass is 9.97. The van der Waals surface area contributed by atoms with Crippen LogP contribution < -0.4 is 5.73 Å². The SMILES string of the molecule is NC1CCN(S(=O)(=O)c2ccc(-c3c(O)ccc4ncc5sccc5c34)cc2)C1. The van der Waals surface area contributed by atoms with Crippen LogP contribution in [0.25, 0.3) is 32.1 Å². The van der Waals surface area contributed by atoms with E-state index in [-0.39, 0.29) is 16.7 Å². The number of fused-ring (bicyclic) bond motifs is 3. The molecule has 5 rings (SSSR count). The fourth-order valence-corrected chi connectivity index (χ4v) is 6.20. The van der Waals surface area contributed by atoms with Gasteiger partial charge >= 0.3 is 0 Å². The number of nitrogens with two attached hydrogens (primary N) is 1. The van der Waals surface area contributed by atoms with E-state index in [0.29, 0.717) is 25.1 Å². The number of phenols is 1. The molecule has 1 aliphatic heterocycles. The monoisotopic (exact) mass is 425 g/mol. The predicted octanol–water partition coefficient (Wildman–Crippen LogP) is 3.54. The molecular weight excluding hydrogens is 406 g/mol. The van der Waals surface area contributed by atoms with Gasteiger partial charge in [-0.05, 0) is 47.7 Å². The second kappa shape index (κ2) is 6.77. The molecule has 1 atom stereocenters. The minimum atomic E-state index is -3.57. The number of nitrogens with zero attached hydrogens (tertiary/aromatic N) is 2. The van der Waals surface area contributed by atoms with Gasteiger partial charge in [-0.25, -0.2) is 8.42 Å². The summed E-state index contributed by atoms with van der Waals surface area (Å²) in [6.07, 6.45) is 2.50. The van der Waals surface area contributed by atoms with Crippen molar-refractivity contribution in [1.82, 2.24) is 9.29 Å². The maximum Gasteiger partial charge on any atom is 0.243 e. The van der Waals surface area contributed by atoms with Crippen molar-refractivity contribution >= 4 is 42.3 Å². The molecule has 0 bridgehead atoms. The van der Waals surface area contributed by atoms with Gasteiger partial charge in [-0.2, -0.15) is 4.31 Å². The van der Waals surface area contributed by atoms with E-state index in [2.05, 4.69) is 4.98 Å². The fourth-order valence-electron chi connectivity index (χ4n) is 3.92. The molecular formula is C21H19N3O3S2. The first kappa shape index (κ1) is 18.5. The molecule has 1 fully saturated rings. The number of rotatable bonds is 3. The van der Waals surface area contributed by atoms with E-state index in [9.17, 15) is 13.5 Å². The predicted molar refractivity (Wildman–Crippen MR) is 116 cm³/mol. The molecule has 1 unspecified atom stereocenters. The van der Waals surface area contributed by atoms with Crippen LogP contribution in [0.3, 0.4) is 0 Å². The zero-order valence-corrected chi connectivity index (χ0v) is 17.1. The minimum absolute atomic E-state index is 0.114. The van der Waals surface area contributed by atoms with E-state index in [0.717, 1.165) is 26.6 Å². The topological polar surface area (TPSA) is 96.5 Å². The number of aromatic nitrogens is 1. The first-order chi connectivity index (χ1) is 13.9. The summed E-state index contributed by atoms with van der Waals surface area (Å²) in [6.45, 7) is 0.785. The lowest BCUT2D eigenvalue weighted by molar-refractivity contribution is 0.472. The lowest BCUT2D eigenvalue weighted by Gasteiger charge is -2.16. The van der Waals surface area contributed by atoms with Crippen LogP contribution in [0.2, 0.25) is 0 Å². The van der Waals surface area contributed by atoms with Crippen LogP contribution in [0.15, 0.2) is 58.9 Å². The molecule has 29 heavy (non-hydrogen) atoms. The van der Waals surface area contributed by atoms with Crippen LogP contribution >= 0.6 is 11.3 Å². The number of pyridine rings is 1. The molecule has 4 aromatic rings. The molecule has 3 N–H and O–H groups in total. The third-order valence-corrected chi connectivity index (χ3v) is 8.15. The van der Waals surface area contributed by atoms with Gasteiger partial charge in [0.2, 0.25) is 10.0 Å². The van der Waals surface area contributed by atoms with Gasteiger partial charge in [0.25, 0.3) is 0 Å². The Labute approximate surface area is 172 Å². The van der Waals surface area contributed by atoms with Crippen molar-refractivity contribution in [2.45, 2.75) is 17.4 Å². The van der Waals surface area contributed by atoms with Crippen LogP contribution in [0.1, 0.15) is 6.42 Å². The summed E-state index contributed by atoms with van der Waals surface area (Å²) in [4.78, 5) is 4.74. The smallest absolute Gasteiger partial charge is 0.243 e. The number of hydrogen-bond donors (Lipinski definition) is 2. The molecule has 2 aromatic heterocycles. The quantitative estimate of drug-likeness (QED) is 0.523. The fraction of sp³-hybridized carbons (Fsp3) is 0.190. The average Bonchev–Trinajstić information content (AvgIpc) is 3.37. The Morgan fingerprint density at radius 2 is 1.93 bits per heavy atom. The number of aromatic hydroxyl groups is 1. The number of phenolic OH excluding ortho intramolecular Hbond substituents is 1. The third kappa shape index (κ3) is 3.00. The van der Waals surface area contributed by atoms with Crippen molar-refractivity contribution in [1.29, 1.82) is 0 Å². The van der Waals surface area contributed by atoms with Crippen molar-refractivity contribution in [2.24, 2.45) is 5.73 Å². The number of hydrogen-bond acceptors (Lipinski definition) is 6. The molecule has 148 valence electrons. The maximum atomic E-state index is 12.9. The standard InChI is InChI=1S/C21H19N3O3S2/c22-14-7-9-24(12-14)29(26,27)15-3-1-13(2-4-15)20-18(25)6-5-17-21(20)16-8-10-28-19(16)11-23-17/h1-6,8,10-11,14,25H,7,9,12,22H2. The van der Waals surface area contributed by atoms with E-state index in [1.54, 1.807) is 47.7 Å². The Hall–Kier alpha value is -2.52.